The topological polar surface area (TPSA) is 15.3 Å². The summed E-state index contributed by atoms with van der Waals surface area (Å²) in [6.45, 7) is 6.61. The molecule has 116 valence electrons. The van der Waals surface area contributed by atoms with Crippen LogP contribution in [-0.2, 0) is 12.8 Å². The number of hydrogen-bond acceptors (Lipinski definition) is 1. The molecule has 0 aliphatic carbocycles. The zero-order chi connectivity index (χ0) is 15.1. The van der Waals surface area contributed by atoms with Crippen molar-refractivity contribution in [1.82, 2.24) is 4.90 Å². The van der Waals surface area contributed by atoms with Crippen LogP contribution in [-0.4, -0.2) is 23.1 Å². The molecule has 2 rings (SSSR count). The number of rotatable bonds is 3. The second kappa shape index (κ2) is 8.38. The fraction of sp³-hybridized carbons (Fsp3) is 0.611. The third kappa shape index (κ3) is 4.44. The second-order valence-corrected chi connectivity index (χ2v) is 6.23. The van der Waals surface area contributed by atoms with E-state index in [2.05, 4.69) is 42.3 Å². The maximum atomic E-state index is 5.69. The zero-order valence-corrected chi connectivity index (χ0v) is 14.3. The summed E-state index contributed by atoms with van der Waals surface area (Å²) in [5.41, 5.74) is 3.97. The van der Waals surface area contributed by atoms with Gasteiger partial charge in [-0.25, -0.2) is 0 Å². The molecule has 0 spiro atoms. The van der Waals surface area contributed by atoms with Crippen molar-refractivity contribution >= 4 is 23.0 Å². The Morgan fingerprint density at radius 1 is 1.00 bits per heavy atom. The summed E-state index contributed by atoms with van der Waals surface area (Å²) in [6.07, 6.45) is 8.66. The summed E-state index contributed by atoms with van der Waals surface area (Å²) >= 11 is 5.69. The number of anilines is 1. The Balaban J connectivity index is 2.10. The molecule has 1 fully saturated rings. The van der Waals surface area contributed by atoms with Gasteiger partial charge >= 0.3 is 0 Å². The predicted octanol–water partition coefficient (Wildman–Crippen LogP) is 4.77. The smallest absolute Gasteiger partial charge is 0.173 e. The molecule has 1 heterocycles. The minimum absolute atomic E-state index is 0.910. The molecule has 1 aromatic rings. The lowest BCUT2D eigenvalue weighted by Crippen LogP contribution is -2.37. The molecule has 1 aliphatic rings. The van der Waals surface area contributed by atoms with Gasteiger partial charge < -0.3 is 10.2 Å². The van der Waals surface area contributed by atoms with E-state index in [0.717, 1.165) is 31.0 Å². The van der Waals surface area contributed by atoms with Crippen molar-refractivity contribution in [3.8, 4) is 0 Å². The first kappa shape index (κ1) is 16.3. The molecule has 3 heteroatoms. The van der Waals surface area contributed by atoms with E-state index in [1.807, 2.05) is 0 Å². The van der Waals surface area contributed by atoms with Crippen LogP contribution in [0.2, 0.25) is 0 Å². The third-order valence-corrected chi connectivity index (χ3v) is 4.73. The van der Waals surface area contributed by atoms with Crippen LogP contribution in [0.4, 0.5) is 5.69 Å². The van der Waals surface area contributed by atoms with Gasteiger partial charge in [-0.2, -0.15) is 0 Å². The molecule has 1 aromatic carbocycles. The van der Waals surface area contributed by atoms with Gasteiger partial charge in [-0.05, 0) is 49.0 Å². The van der Waals surface area contributed by atoms with Gasteiger partial charge in [-0.1, -0.05) is 51.3 Å². The van der Waals surface area contributed by atoms with Crippen molar-refractivity contribution < 1.29 is 0 Å². The van der Waals surface area contributed by atoms with Crippen LogP contribution in [0.1, 0.15) is 57.1 Å². The zero-order valence-electron chi connectivity index (χ0n) is 13.5. The molecule has 0 atom stereocenters. The molecule has 2 nitrogen and oxygen atoms in total. The first-order chi connectivity index (χ1) is 10.3. The average Bonchev–Trinajstić information content (AvgIpc) is 2.46. The highest BCUT2D eigenvalue weighted by atomic mass is 32.1. The highest BCUT2D eigenvalue weighted by Crippen LogP contribution is 2.23. The Kier molecular flexibility index (Phi) is 6.50. The Morgan fingerprint density at radius 2 is 1.52 bits per heavy atom. The molecule has 0 aromatic heterocycles. The monoisotopic (exact) mass is 304 g/mol. The van der Waals surface area contributed by atoms with E-state index in [-0.39, 0.29) is 0 Å². The van der Waals surface area contributed by atoms with Crippen molar-refractivity contribution in [3.05, 3.63) is 29.3 Å². The number of nitrogens with zero attached hydrogens (tertiary/aromatic N) is 1. The number of aryl methyl sites for hydroxylation is 2. The summed E-state index contributed by atoms with van der Waals surface area (Å²) < 4.78 is 0. The largest absolute Gasteiger partial charge is 0.349 e. The Hall–Kier alpha value is -1.09. The number of nitrogens with one attached hydrogen (secondary N) is 1. The SMILES string of the molecule is CCc1cccc(CC)c1NC(=S)N1CCCCCCC1. The minimum Gasteiger partial charge on any atom is -0.349 e. The highest BCUT2D eigenvalue weighted by Gasteiger charge is 2.14. The maximum absolute atomic E-state index is 5.69. The molecule has 1 N–H and O–H groups in total. The average molecular weight is 305 g/mol. The Morgan fingerprint density at radius 3 is 2.05 bits per heavy atom. The van der Waals surface area contributed by atoms with E-state index < -0.39 is 0 Å². The first-order valence-corrected chi connectivity index (χ1v) is 8.83. The van der Waals surface area contributed by atoms with Crippen LogP contribution < -0.4 is 5.32 Å². The molecule has 21 heavy (non-hydrogen) atoms. The van der Waals surface area contributed by atoms with E-state index in [9.17, 15) is 0 Å². The van der Waals surface area contributed by atoms with E-state index in [1.165, 1.54) is 48.9 Å². The fourth-order valence-corrected chi connectivity index (χ4v) is 3.32. The first-order valence-electron chi connectivity index (χ1n) is 8.43. The van der Waals surface area contributed by atoms with Crippen molar-refractivity contribution in [2.45, 2.75) is 58.8 Å². The molecular weight excluding hydrogens is 276 g/mol. The Labute approximate surface area is 134 Å². The predicted molar refractivity (Wildman–Crippen MR) is 96.1 cm³/mol. The summed E-state index contributed by atoms with van der Waals surface area (Å²) in [4.78, 5) is 2.36. The molecule has 1 aliphatic heterocycles. The van der Waals surface area contributed by atoms with Crippen molar-refractivity contribution in [1.29, 1.82) is 0 Å². The van der Waals surface area contributed by atoms with Gasteiger partial charge in [0.25, 0.3) is 0 Å². The van der Waals surface area contributed by atoms with Gasteiger partial charge in [0.2, 0.25) is 0 Å². The molecule has 0 amide bonds. The summed E-state index contributed by atoms with van der Waals surface area (Å²) in [5, 5.41) is 4.47. The van der Waals surface area contributed by atoms with E-state index >= 15 is 0 Å². The summed E-state index contributed by atoms with van der Waals surface area (Å²) in [5.74, 6) is 0. The molecule has 0 saturated carbocycles. The van der Waals surface area contributed by atoms with Gasteiger partial charge in [0.15, 0.2) is 5.11 Å². The van der Waals surface area contributed by atoms with Gasteiger partial charge in [-0.3, -0.25) is 0 Å². The lowest BCUT2D eigenvalue weighted by Gasteiger charge is -2.28. The standard InChI is InChI=1S/C18H28N2S/c1-3-15-11-10-12-16(4-2)17(15)19-18(21)20-13-8-6-5-7-9-14-20/h10-12H,3-9,13-14H2,1-2H3,(H,19,21). The molecule has 1 saturated heterocycles. The quantitative estimate of drug-likeness (QED) is 0.809. The normalized spacial score (nSPS) is 16.2. The van der Waals surface area contributed by atoms with Gasteiger partial charge in [0.1, 0.15) is 0 Å². The van der Waals surface area contributed by atoms with Crippen LogP contribution in [0.15, 0.2) is 18.2 Å². The fourth-order valence-electron chi connectivity index (χ4n) is 3.04. The lowest BCUT2D eigenvalue weighted by atomic mass is 10.0. The van der Waals surface area contributed by atoms with Crippen molar-refractivity contribution in [2.24, 2.45) is 0 Å². The van der Waals surface area contributed by atoms with E-state index in [1.54, 1.807) is 0 Å². The van der Waals surface area contributed by atoms with E-state index in [4.69, 9.17) is 12.2 Å². The van der Waals surface area contributed by atoms with Crippen LogP contribution in [0.3, 0.4) is 0 Å². The van der Waals surface area contributed by atoms with Crippen LogP contribution in [0.5, 0.6) is 0 Å². The van der Waals surface area contributed by atoms with Gasteiger partial charge in [0, 0.05) is 18.8 Å². The lowest BCUT2D eigenvalue weighted by molar-refractivity contribution is 0.366. The summed E-state index contributed by atoms with van der Waals surface area (Å²) in [7, 11) is 0. The molecule has 0 bridgehead atoms. The van der Waals surface area contributed by atoms with Crippen molar-refractivity contribution in [2.75, 3.05) is 18.4 Å². The van der Waals surface area contributed by atoms with Gasteiger partial charge in [-0.15, -0.1) is 0 Å². The number of benzene rings is 1. The third-order valence-electron chi connectivity index (χ3n) is 4.37. The second-order valence-electron chi connectivity index (χ2n) is 5.84. The summed E-state index contributed by atoms with van der Waals surface area (Å²) in [6, 6.07) is 6.57. The number of thiocarbonyl (C=S) groups is 1. The van der Waals surface area contributed by atoms with Crippen LogP contribution in [0.25, 0.3) is 0 Å². The Bertz CT molecular complexity index is 440. The van der Waals surface area contributed by atoms with Crippen LogP contribution in [0, 0.1) is 0 Å². The van der Waals surface area contributed by atoms with Gasteiger partial charge in [0.05, 0.1) is 0 Å². The molecular formula is C18H28N2S. The minimum atomic E-state index is 0.910. The number of hydrogen-bond donors (Lipinski definition) is 1. The number of likely N-dealkylation sites (tertiary alicyclic amines) is 1. The van der Waals surface area contributed by atoms with E-state index in [0.29, 0.717) is 0 Å². The van der Waals surface area contributed by atoms with Crippen LogP contribution >= 0.6 is 12.2 Å². The maximum Gasteiger partial charge on any atom is 0.173 e. The van der Waals surface area contributed by atoms with Crippen molar-refractivity contribution in [3.63, 3.8) is 0 Å². The highest BCUT2D eigenvalue weighted by molar-refractivity contribution is 7.80. The molecule has 0 unspecified atom stereocenters. The molecule has 0 radical (unpaired) electrons. The number of para-hydroxylation sites is 1.